The van der Waals surface area contributed by atoms with Crippen LogP contribution in [-0.2, 0) is 6.54 Å². The normalized spacial score (nSPS) is 11.0. The number of nitrogens with zero attached hydrogens (tertiary/aromatic N) is 2. The molecular formula is C20H16FN3OS. The van der Waals surface area contributed by atoms with E-state index in [9.17, 15) is 9.18 Å². The highest BCUT2D eigenvalue weighted by Crippen LogP contribution is 2.32. The van der Waals surface area contributed by atoms with Crippen molar-refractivity contribution in [3.05, 3.63) is 82.7 Å². The van der Waals surface area contributed by atoms with Crippen LogP contribution in [0.4, 0.5) is 4.39 Å². The SMILES string of the molecule is Cc1c(C(=O)NCc2ccc(-n3cccn3)cc2)sc2cccc(F)c12. The van der Waals surface area contributed by atoms with Gasteiger partial charge in [0, 0.05) is 29.0 Å². The number of rotatable bonds is 4. The number of fused-ring (bicyclic) bond motifs is 1. The Bertz CT molecular complexity index is 1070. The Morgan fingerprint density at radius 3 is 2.69 bits per heavy atom. The molecule has 0 spiro atoms. The van der Waals surface area contributed by atoms with E-state index in [0.717, 1.165) is 16.0 Å². The number of carbonyl (C=O) groups is 1. The van der Waals surface area contributed by atoms with Gasteiger partial charge in [-0.05, 0) is 48.4 Å². The maximum Gasteiger partial charge on any atom is 0.261 e. The molecule has 0 bridgehead atoms. The Hall–Kier alpha value is -2.99. The molecule has 0 aliphatic heterocycles. The lowest BCUT2D eigenvalue weighted by Gasteiger charge is -2.06. The largest absolute Gasteiger partial charge is 0.347 e. The first-order valence-electron chi connectivity index (χ1n) is 8.18. The Labute approximate surface area is 153 Å². The lowest BCUT2D eigenvalue weighted by atomic mass is 10.1. The van der Waals surface area contributed by atoms with E-state index in [0.29, 0.717) is 22.4 Å². The van der Waals surface area contributed by atoms with E-state index in [4.69, 9.17) is 0 Å². The third-order valence-electron chi connectivity index (χ3n) is 4.27. The first kappa shape index (κ1) is 16.5. The summed E-state index contributed by atoms with van der Waals surface area (Å²) in [7, 11) is 0. The number of hydrogen-bond acceptors (Lipinski definition) is 3. The predicted octanol–water partition coefficient (Wildman–Crippen LogP) is 4.46. The zero-order valence-corrected chi connectivity index (χ0v) is 14.9. The second-order valence-electron chi connectivity index (χ2n) is 5.97. The van der Waals surface area contributed by atoms with Crippen molar-refractivity contribution in [1.29, 1.82) is 0 Å². The molecule has 2 aromatic carbocycles. The topological polar surface area (TPSA) is 46.9 Å². The van der Waals surface area contributed by atoms with Gasteiger partial charge in [-0.25, -0.2) is 9.07 Å². The lowest BCUT2D eigenvalue weighted by molar-refractivity contribution is 0.0954. The molecule has 0 radical (unpaired) electrons. The summed E-state index contributed by atoms with van der Waals surface area (Å²) in [6.45, 7) is 2.20. The van der Waals surface area contributed by atoms with E-state index >= 15 is 0 Å². The average Bonchev–Trinajstić information content (AvgIpc) is 3.29. The van der Waals surface area contributed by atoms with Crippen LogP contribution in [0.15, 0.2) is 60.9 Å². The monoisotopic (exact) mass is 365 g/mol. The van der Waals surface area contributed by atoms with Crippen LogP contribution in [0.5, 0.6) is 0 Å². The zero-order chi connectivity index (χ0) is 18.1. The Morgan fingerprint density at radius 2 is 2.00 bits per heavy atom. The summed E-state index contributed by atoms with van der Waals surface area (Å²) in [6.07, 6.45) is 3.60. The van der Waals surface area contributed by atoms with Crippen molar-refractivity contribution in [2.24, 2.45) is 0 Å². The molecule has 4 nitrogen and oxygen atoms in total. The summed E-state index contributed by atoms with van der Waals surface area (Å²) >= 11 is 1.32. The van der Waals surface area contributed by atoms with E-state index in [1.165, 1.54) is 17.4 Å². The van der Waals surface area contributed by atoms with Gasteiger partial charge in [-0.2, -0.15) is 5.10 Å². The maximum absolute atomic E-state index is 14.0. The van der Waals surface area contributed by atoms with E-state index in [2.05, 4.69) is 10.4 Å². The van der Waals surface area contributed by atoms with Gasteiger partial charge in [-0.3, -0.25) is 4.79 Å². The fourth-order valence-corrected chi connectivity index (χ4v) is 4.06. The second kappa shape index (κ2) is 6.72. The van der Waals surface area contributed by atoms with Crippen LogP contribution in [0.1, 0.15) is 20.8 Å². The number of hydrogen-bond donors (Lipinski definition) is 1. The number of thiophene rings is 1. The number of nitrogens with one attached hydrogen (secondary N) is 1. The predicted molar refractivity (Wildman–Crippen MR) is 101 cm³/mol. The zero-order valence-electron chi connectivity index (χ0n) is 14.1. The van der Waals surface area contributed by atoms with E-state index in [1.807, 2.05) is 42.6 Å². The summed E-state index contributed by atoms with van der Waals surface area (Å²) in [6, 6.07) is 14.6. The number of halogens is 1. The summed E-state index contributed by atoms with van der Waals surface area (Å²) in [5, 5.41) is 7.64. The molecule has 2 heterocycles. The van der Waals surface area contributed by atoms with Gasteiger partial charge in [0.2, 0.25) is 0 Å². The Kier molecular flexibility index (Phi) is 4.26. The molecule has 1 N–H and O–H groups in total. The van der Waals surface area contributed by atoms with Crippen molar-refractivity contribution in [2.45, 2.75) is 13.5 Å². The molecule has 0 aliphatic rings. The van der Waals surface area contributed by atoms with Gasteiger partial charge in [-0.1, -0.05) is 18.2 Å². The minimum absolute atomic E-state index is 0.181. The molecule has 130 valence electrons. The maximum atomic E-state index is 14.0. The fraction of sp³-hybridized carbons (Fsp3) is 0.100. The molecular weight excluding hydrogens is 349 g/mol. The fourth-order valence-electron chi connectivity index (χ4n) is 2.92. The molecule has 2 aromatic heterocycles. The van der Waals surface area contributed by atoms with Crippen LogP contribution in [0, 0.1) is 12.7 Å². The summed E-state index contributed by atoms with van der Waals surface area (Å²) in [4.78, 5) is 13.1. The van der Waals surface area contributed by atoms with Crippen LogP contribution in [0.25, 0.3) is 15.8 Å². The molecule has 0 saturated carbocycles. The molecule has 0 atom stereocenters. The highest BCUT2D eigenvalue weighted by Gasteiger charge is 2.17. The third-order valence-corrected chi connectivity index (χ3v) is 5.52. The summed E-state index contributed by atoms with van der Waals surface area (Å²) in [5.74, 6) is -0.469. The van der Waals surface area contributed by atoms with Gasteiger partial charge in [0.1, 0.15) is 5.82 Å². The molecule has 6 heteroatoms. The van der Waals surface area contributed by atoms with Crippen molar-refractivity contribution in [2.75, 3.05) is 0 Å². The van der Waals surface area contributed by atoms with Gasteiger partial charge < -0.3 is 5.32 Å². The molecule has 4 rings (SSSR count). The van der Waals surface area contributed by atoms with Gasteiger partial charge in [0.05, 0.1) is 10.6 Å². The van der Waals surface area contributed by atoms with Crippen LogP contribution < -0.4 is 5.32 Å². The van der Waals surface area contributed by atoms with Crippen molar-refractivity contribution in [3.63, 3.8) is 0 Å². The molecule has 1 amide bonds. The minimum atomic E-state index is -0.287. The van der Waals surface area contributed by atoms with Gasteiger partial charge in [0.15, 0.2) is 0 Å². The van der Waals surface area contributed by atoms with Gasteiger partial charge >= 0.3 is 0 Å². The molecule has 0 saturated heterocycles. The highest BCUT2D eigenvalue weighted by atomic mass is 32.1. The van der Waals surface area contributed by atoms with Gasteiger partial charge in [0.25, 0.3) is 5.91 Å². The van der Waals surface area contributed by atoms with Crippen LogP contribution in [0.2, 0.25) is 0 Å². The molecule has 4 aromatic rings. The first-order chi connectivity index (χ1) is 12.6. The summed E-state index contributed by atoms with van der Waals surface area (Å²) < 4.78 is 16.6. The molecule has 0 aliphatic carbocycles. The van der Waals surface area contributed by atoms with Gasteiger partial charge in [-0.15, -0.1) is 11.3 Å². The molecule has 26 heavy (non-hydrogen) atoms. The molecule has 0 unspecified atom stereocenters. The lowest BCUT2D eigenvalue weighted by Crippen LogP contribution is -2.22. The smallest absolute Gasteiger partial charge is 0.261 e. The number of amides is 1. The van der Waals surface area contributed by atoms with Crippen LogP contribution in [0.3, 0.4) is 0 Å². The highest BCUT2D eigenvalue weighted by molar-refractivity contribution is 7.21. The van der Waals surface area contributed by atoms with Crippen LogP contribution in [-0.4, -0.2) is 15.7 Å². The molecule has 0 fully saturated rings. The van der Waals surface area contributed by atoms with Crippen molar-refractivity contribution in [1.82, 2.24) is 15.1 Å². The van der Waals surface area contributed by atoms with E-state index in [-0.39, 0.29) is 11.7 Å². The number of benzene rings is 2. The second-order valence-corrected chi connectivity index (χ2v) is 7.02. The standard InChI is InChI=1S/C20H16FN3OS/c1-13-18-16(21)4-2-5-17(18)26-19(13)20(25)22-12-14-6-8-15(9-7-14)24-11-3-10-23-24/h2-11H,12H2,1H3,(H,22,25). The Balaban J connectivity index is 1.49. The van der Waals surface area contributed by atoms with E-state index < -0.39 is 0 Å². The average molecular weight is 365 g/mol. The van der Waals surface area contributed by atoms with Crippen molar-refractivity contribution >= 4 is 27.3 Å². The van der Waals surface area contributed by atoms with E-state index in [1.54, 1.807) is 23.9 Å². The number of aryl methyl sites for hydroxylation is 1. The first-order valence-corrected chi connectivity index (χ1v) is 9.00. The minimum Gasteiger partial charge on any atom is -0.347 e. The van der Waals surface area contributed by atoms with Crippen molar-refractivity contribution in [3.8, 4) is 5.69 Å². The number of carbonyl (C=O) groups excluding carboxylic acids is 1. The quantitative estimate of drug-likeness (QED) is 0.580. The number of aromatic nitrogens is 2. The summed E-state index contributed by atoms with van der Waals surface area (Å²) in [5.41, 5.74) is 2.63. The van der Waals surface area contributed by atoms with Crippen molar-refractivity contribution < 1.29 is 9.18 Å². The Morgan fingerprint density at radius 1 is 1.19 bits per heavy atom. The van der Waals surface area contributed by atoms with Crippen LogP contribution >= 0.6 is 11.3 Å². The third kappa shape index (κ3) is 2.99.